The van der Waals surface area contributed by atoms with E-state index >= 15 is 0 Å². The van der Waals surface area contributed by atoms with E-state index in [-0.39, 0.29) is 29.2 Å². The van der Waals surface area contributed by atoms with Gasteiger partial charge in [-0.3, -0.25) is 13.9 Å². The van der Waals surface area contributed by atoms with E-state index < -0.39 is 10.0 Å². The average molecular weight is 443 g/mol. The molecule has 0 unspecified atom stereocenters. The molecule has 2 heterocycles. The quantitative estimate of drug-likeness (QED) is 0.680. The molecule has 2 aliphatic heterocycles. The summed E-state index contributed by atoms with van der Waals surface area (Å²) in [6.07, 6.45) is 1.05. The zero-order chi connectivity index (χ0) is 22.2. The number of ether oxygens (including phenoxy) is 1. The molecular formula is C23H26N2O5S. The Labute approximate surface area is 182 Å². The Balaban J connectivity index is 1.58. The second kappa shape index (κ2) is 8.34. The monoisotopic (exact) mass is 442 g/mol. The number of anilines is 1. The Morgan fingerprint density at radius 3 is 2.48 bits per heavy atom. The predicted molar refractivity (Wildman–Crippen MR) is 117 cm³/mol. The maximum atomic E-state index is 13.4. The zero-order valence-electron chi connectivity index (χ0n) is 17.7. The second-order valence-electron chi connectivity index (χ2n) is 7.94. The van der Waals surface area contributed by atoms with Gasteiger partial charge in [0, 0.05) is 24.2 Å². The molecule has 0 atom stereocenters. The molecule has 164 valence electrons. The highest BCUT2D eigenvalue weighted by molar-refractivity contribution is 7.93. The fourth-order valence-corrected chi connectivity index (χ4v) is 5.91. The van der Waals surface area contributed by atoms with Gasteiger partial charge in [-0.25, -0.2) is 8.42 Å². The van der Waals surface area contributed by atoms with Gasteiger partial charge in [-0.2, -0.15) is 0 Å². The first kappa shape index (κ1) is 21.4. The lowest BCUT2D eigenvalue weighted by Gasteiger charge is -2.35. The molecule has 1 fully saturated rings. The minimum atomic E-state index is -3.86. The average Bonchev–Trinajstić information content (AvgIpc) is 2.77. The van der Waals surface area contributed by atoms with Crippen molar-refractivity contribution >= 4 is 27.6 Å². The summed E-state index contributed by atoms with van der Waals surface area (Å²) in [4.78, 5) is 26.8. The van der Waals surface area contributed by atoms with Crippen LogP contribution in [0, 0.1) is 12.8 Å². The van der Waals surface area contributed by atoms with Crippen molar-refractivity contribution in [3.8, 4) is 11.1 Å². The van der Waals surface area contributed by atoms with Crippen molar-refractivity contribution in [3.63, 3.8) is 0 Å². The zero-order valence-corrected chi connectivity index (χ0v) is 18.5. The van der Waals surface area contributed by atoms with E-state index in [9.17, 15) is 18.0 Å². The second-order valence-corrected chi connectivity index (χ2v) is 9.77. The van der Waals surface area contributed by atoms with Crippen molar-refractivity contribution in [1.82, 2.24) is 4.90 Å². The van der Waals surface area contributed by atoms with Gasteiger partial charge in [0.15, 0.2) is 0 Å². The van der Waals surface area contributed by atoms with Crippen LogP contribution in [0.15, 0.2) is 47.4 Å². The van der Waals surface area contributed by atoms with Crippen LogP contribution in [-0.2, 0) is 24.3 Å². The number of fused-ring (bicyclic) bond motifs is 3. The number of aryl methyl sites for hydroxylation is 1. The number of amides is 1. The molecule has 31 heavy (non-hydrogen) atoms. The first-order chi connectivity index (χ1) is 14.8. The minimum Gasteiger partial charge on any atom is -0.466 e. The SMILES string of the molecule is CCOC(=O)C1CCN(C(=O)CN2c3ccc(C)cc3-c3ccccc3S2(=O)=O)CC1. The van der Waals surface area contributed by atoms with Crippen molar-refractivity contribution in [3.05, 3.63) is 48.0 Å². The predicted octanol–water partition coefficient (Wildman–Crippen LogP) is 2.97. The van der Waals surface area contributed by atoms with Crippen molar-refractivity contribution in [1.29, 1.82) is 0 Å². The van der Waals surface area contributed by atoms with Gasteiger partial charge < -0.3 is 9.64 Å². The highest BCUT2D eigenvalue weighted by atomic mass is 32.2. The van der Waals surface area contributed by atoms with E-state index in [2.05, 4.69) is 0 Å². The Morgan fingerprint density at radius 1 is 1.06 bits per heavy atom. The number of rotatable bonds is 4. The van der Waals surface area contributed by atoms with E-state index in [1.165, 1.54) is 4.31 Å². The molecule has 1 amide bonds. The normalized spacial score (nSPS) is 17.6. The van der Waals surface area contributed by atoms with E-state index in [1.807, 2.05) is 25.1 Å². The van der Waals surface area contributed by atoms with Gasteiger partial charge in [0.2, 0.25) is 5.91 Å². The molecule has 1 saturated heterocycles. The van der Waals surface area contributed by atoms with Crippen LogP contribution in [0.25, 0.3) is 11.1 Å². The molecular weight excluding hydrogens is 416 g/mol. The highest BCUT2D eigenvalue weighted by Crippen LogP contribution is 2.43. The summed E-state index contributed by atoms with van der Waals surface area (Å²) in [5, 5.41) is 0. The highest BCUT2D eigenvalue weighted by Gasteiger charge is 2.37. The van der Waals surface area contributed by atoms with Gasteiger partial charge in [-0.15, -0.1) is 0 Å². The minimum absolute atomic E-state index is 0.210. The van der Waals surface area contributed by atoms with Crippen molar-refractivity contribution in [2.45, 2.75) is 31.6 Å². The lowest BCUT2D eigenvalue weighted by Crippen LogP contribution is -2.47. The number of sulfonamides is 1. The first-order valence-electron chi connectivity index (χ1n) is 10.5. The topological polar surface area (TPSA) is 84.0 Å². The number of piperidine rings is 1. The fourth-order valence-electron chi connectivity index (χ4n) is 4.26. The fraction of sp³-hybridized carbons (Fsp3) is 0.391. The summed E-state index contributed by atoms with van der Waals surface area (Å²) in [5.41, 5.74) is 2.98. The molecule has 0 aliphatic carbocycles. The van der Waals surface area contributed by atoms with Crippen LogP contribution in [0.2, 0.25) is 0 Å². The maximum Gasteiger partial charge on any atom is 0.309 e. The molecule has 7 nitrogen and oxygen atoms in total. The largest absolute Gasteiger partial charge is 0.466 e. The summed E-state index contributed by atoms with van der Waals surface area (Å²) in [7, 11) is -3.86. The standard InChI is InChI=1S/C23H26N2O5S/c1-3-30-23(27)17-10-12-24(13-11-17)22(26)15-25-20-9-8-16(2)14-19(20)18-6-4-5-7-21(18)31(25,28)29/h4-9,14,17H,3,10-13,15H2,1-2H3. The summed E-state index contributed by atoms with van der Waals surface area (Å²) >= 11 is 0. The van der Waals surface area contributed by atoms with Gasteiger partial charge in [0.05, 0.1) is 23.1 Å². The molecule has 0 spiro atoms. The van der Waals surface area contributed by atoms with Crippen LogP contribution in [0.5, 0.6) is 0 Å². The van der Waals surface area contributed by atoms with Crippen LogP contribution in [0.4, 0.5) is 5.69 Å². The number of benzene rings is 2. The summed E-state index contributed by atoms with van der Waals surface area (Å²) in [6.45, 7) is 4.62. The van der Waals surface area contributed by atoms with Gasteiger partial charge >= 0.3 is 5.97 Å². The van der Waals surface area contributed by atoms with Crippen LogP contribution >= 0.6 is 0 Å². The van der Waals surface area contributed by atoms with E-state index in [0.29, 0.717) is 43.8 Å². The third kappa shape index (κ3) is 3.92. The van der Waals surface area contributed by atoms with Crippen molar-refractivity contribution < 1.29 is 22.7 Å². The summed E-state index contributed by atoms with van der Waals surface area (Å²) < 4.78 is 33.0. The molecule has 2 aliphatic rings. The third-order valence-electron chi connectivity index (χ3n) is 5.91. The molecule has 0 radical (unpaired) electrons. The molecule has 0 aromatic heterocycles. The van der Waals surface area contributed by atoms with Crippen molar-refractivity contribution in [2.75, 3.05) is 30.5 Å². The Kier molecular flexibility index (Phi) is 5.75. The molecule has 0 bridgehead atoms. The number of carbonyl (C=O) groups is 2. The van der Waals surface area contributed by atoms with Crippen molar-refractivity contribution in [2.24, 2.45) is 5.92 Å². The number of carbonyl (C=O) groups excluding carboxylic acids is 2. The van der Waals surface area contributed by atoms with Gasteiger partial charge in [-0.05, 0) is 44.9 Å². The van der Waals surface area contributed by atoms with E-state index in [4.69, 9.17) is 4.74 Å². The Morgan fingerprint density at radius 2 is 1.77 bits per heavy atom. The third-order valence-corrected chi connectivity index (χ3v) is 7.73. The number of hydrogen-bond donors (Lipinski definition) is 0. The first-order valence-corrected chi connectivity index (χ1v) is 11.9. The molecule has 2 aromatic rings. The number of nitrogens with zero attached hydrogens (tertiary/aromatic N) is 2. The lowest BCUT2D eigenvalue weighted by molar-refractivity contribution is -0.151. The van der Waals surface area contributed by atoms with Crippen LogP contribution in [0.3, 0.4) is 0 Å². The number of hydrogen-bond acceptors (Lipinski definition) is 5. The smallest absolute Gasteiger partial charge is 0.309 e. The Bertz CT molecular complexity index is 1120. The van der Waals surface area contributed by atoms with Gasteiger partial charge in [-0.1, -0.05) is 29.8 Å². The van der Waals surface area contributed by atoms with E-state index in [1.54, 1.807) is 36.1 Å². The number of esters is 1. The van der Waals surface area contributed by atoms with Crippen LogP contribution in [0.1, 0.15) is 25.3 Å². The molecule has 0 saturated carbocycles. The Hall–Kier alpha value is -2.87. The molecule has 2 aromatic carbocycles. The number of likely N-dealkylation sites (tertiary alicyclic amines) is 1. The molecule has 4 rings (SSSR count). The van der Waals surface area contributed by atoms with Crippen LogP contribution < -0.4 is 4.31 Å². The maximum absolute atomic E-state index is 13.4. The molecule has 0 N–H and O–H groups in total. The lowest BCUT2D eigenvalue weighted by atomic mass is 9.97. The van der Waals surface area contributed by atoms with Gasteiger partial charge in [0.1, 0.15) is 6.54 Å². The summed E-state index contributed by atoms with van der Waals surface area (Å²) in [5.74, 6) is -0.704. The summed E-state index contributed by atoms with van der Waals surface area (Å²) in [6, 6.07) is 12.4. The van der Waals surface area contributed by atoms with Gasteiger partial charge in [0.25, 0.3) is 10.0 Å². The molecule has 8 heteroatoms. The van der Waals surface area contributed by atoms with E-state index in [0.717, 1.165) is 11.1 Å². The van der Waals surface area contributed by atoms with Crippen LogP contribution in [-0.4, -0.2) is 51.4 Å².